The molecule has 0 saturated carbocycles. The van der Waals surface area contributed by atoms with Crippen LogP contribution in [0.3, 0.4) is 0 Å². The van der Waals surface area contributed by atoms with Crippen LogP contribution in [0.15, 0.2) is 0 Å². The molecule has 96 valence electrons. The Hall–Kier alpha value is -1.00. The lowest BCUT2D eigenvalue weighted by Crippen LogP contribution is -2.16. The quantitative estimate of drug-likeness (QED) is 0.734. The Morgan fingerprint density at radius 2 is 1.82 bits per heavy atom. The van der Waals surface area contributed by atoms with Crippen LogP contribution in [0.25, 0.3) is 0 Å². The van der Waals surface area contributed by atoms with Gasteiger partial charge in [0.2, 0.25) is 0 Å². The van der Waals surface area contributed by atoms with E-state index in [2.05, 4.69) is 36.1 Å². The Bertz CT molecular complexity index is 330. The van der Waals surface area contributed by atoms with Gasteiger partial charge < -0.3 is 10.1 Å². The summed E-state index contributed by atoms with van der Waals surface area (Å²) in [5.41, 5.74) is 3.40. The maximum Gasteiger partial charge on any atom is 0.128 e. The van der Waals surface area contributed by atoms with E-state index in [0.717, 1.165) is 49.8 Å². The number of hydrogen-bond donors (Lipinski definition) is 1. The molecule has 0 radical (unpaired) electrons. The summed E-state index contributed by atoms with van der Waals surface area (Å²) in [4.78, 5) is 9.10. The highest BCUT2D eigenvalue weighted by Crippen LogP contribution is 2.10. The number of aromatic nitrogens is 2. The molecule has 0 aliphatic heterocycles. The third-order valence-corrected chi connectivity index (χ3v) is 2.77. The molecule has 0 bridgehead atoms. The Kier molecular flexibility index (Phi) is 6.08. The fraction of sp³-hybridized carbons (Fsp3) is 0.692. The second kappa shape index (κ2) is 7.35. The van der Waals surface area contributed by atoms with E-state index in [4.69, 9.17) is 4.74 Å². The molecule has 17 heavy (non-hydrogen) atoms. The van der Waals surface area contributed by atoms with Gasteiger partial charge in [0.25, 0.3) is 0 Å². The standard InChI is InChI=1S/C13H23N3O/c1-5-14-9-12-10(2)15-13(16-11(12)3)7-6-8-17-4/h14H,5-9H2,1-4H3. The van der Waals surface area contributed by atoms with Crippen LogP contribution in [0.1, 0.15) is 36.1 Å². The summed E-state index contributed by atoms with van der Waals surface area (Å²) in [6.45, 7) is 8.80. The maximum absolute atomic E-state index is 5.04. The average Bonchev–Trinajstić information content (AvgIpc) is 2.28. The van der Waals surface area contributed by atoms with Gasteiger partial charge in [0.05, 0.1) is 0 Å². The Labute approximate surface area is 104 Å². The Morgan fingerprint density at radius 1 is 1.18 bits per heavy atom. The average molecular weight is 237 g/mol. The van der Waals surface area contributed by atoms with E-state index in [1.165, 1.54) is 5.56 Å². The van der Waals surface area contributed by atoms with Crippen molar-refractivity contribution in [3.8, 4) is 0 Å². The molecule has 0 atom stereocenters. The van der Waals surface area contributed by atoms with Crippen LogP contribution < -0.4 is 5.32 Å². The molecule has 0 aliphatic rings. The van der Waals surface area contributed by atoms with Crippen LogP contribution in [0.5, 0.6) is 0 Å². The number of nitrogens with one attached hydrogen (secondary N) is 1. The summed E-state index contributed by atoms with van der Waals surface area (Å²) in [5.74, 6) is 0.928. The van der Waals surface area contributed by atoms with Gasteiger partial charge in [-0.25, -0.2) is 9.97 Å². The van der Waals surface area contributed by atoms with Gasteiger partial charge in [-0.1, -0.05) is 6.92 Å². The molecule has 0 saturated heterocycles. The van der Waals surface area contributed by atoms with Crippen LogP contribution >= 0.6 is 0 Å². The zero-order chi connectivity index (χ0) is 12.7. The van der Waals surface area contributed by atoms with E-state index in [1.807, 2.05) is 0 Å². The van der Waals surface area contributed by atoms with Crippen LogP contribution in [0.4, 0.5) is 0 Å². The van der Waals surface area contributed by atoms with Gasteiger partial charge in [0.1, 0.15) is 5.82 Å². The van der Waals surface area contributed by atoms with E-state index in [-0.39, 0.29) is 0 Å². The number of aryl methyl sites for hydroxylation is 3. The van der Waals surface area contributed by atoms with Crippen LogP contribution in [0, 0.1) is 13.8 Å². The molecule has 0 amide bonds. The van der Waals surface area contributed by atoms with E-state index in [0.29, 0.717) is 0 Å². The van der Waals surface area contributed by atoms with Crippen molar-refractivity contribution in [2.75, 3.05) is 20.3 Å². The van der Waals surface area contributed by atoms with Gasteiger partial charge in [0.15, 0.2) is 0 Å². The molecule has 0 spiro atoms. The molecular weight excluding hydrogens is 214 g/mol. The van der Waals surface area contributed by atoms with Crippen LogP contribution in [0.2, 0.25) is 0 Å². The predicted molar refractivity (Wildman–Crippen MR) is 69.1 cm³/mol. The Morgan fingerprint density at radius 3 is 2.35 bits per heavy atom. The van der Waals surface area contributed by atoms with Gasteiger partial charge >= 0.3 is 0 Å². The molecule has 1 rings (SSSR count). The SMILES string of the molecule is CCNCc1c(C)nc(CCCOC)nc1C. The monoisotopic (exact) mass is 237 g/mol. The summed E-state index contributed by atoms with van der Waals surface area (Å²) in [7, 11) is 1.72. The minimum atomic E-state index is 0.764. The molecule has 0 unspecified atom stereocenters. The third kappa shape index (κ3) is 4.40. The summed E-state index contributed by atoms with van der Waals surface area (Å²) in [6, 6.07) is 0. The fourth-order valence-corrected chi connectivity index (χ4v) is 1.80. The first kappa shape index (κ1) is 14.1. The number of ether oxygens (including phenoxy) is 1. The molecule has 0 fully saturated rings. The van der Waals surface area contributed by atoms with Gasteiger partial charge in [-0.3, -0.25) is 0 Å². The van der Waals surface area contributed by atoms with Crippen molar-refractivity contribution in [3.63, 3.8) is 0 Å². The second-order valence-corrected chi connectivity index (χ2v) is 4.17. The van der Waals surface area contributed by atoms with Crippen molar-refractivity contribution in [1.29, 1.82) is 0 Å². The minimum absolute atomic E-state index is 0.764. The van der Waals surface area contributed by atoms with E-state index >= 15 is 0 Å². The Balaban J connectivity index is 2.71. The summed E-state index contributed by atoms with van der Waals surface area (Å²) >= 11 is 0. The number of methoxy groups -OCH3 is 1. The smallest absolute Gasteiger partial charge is 0.128 e. The van der Waals surface area contributed by atoms with Crippen molar-refractivity contribution in [1.82, 2.24) is 15.3 Å². The fourth-order valence-electron chi connectivity index (χ4n) is 1.80. The highest BCUT2D eigenvalue weighted by atomic mass is 16.5. The van der Waals surface area contributed by atoms with Crippen molar-refractivity contribution >= 4 is 0 Å². The van der Waals surface area contributed by atoms with Crippen LogP contribution in [-0.4, -0.2) is 30.2 Å². The van der Waals surface area contributed by atoms with Gasteiger partial charge in [-0.2, -0.15) is 0 Å². The lowest BCUT2D eigenvalue weighted by Gasteiger charge is -2.11. The van der Waals surface area contributed by atoms with E-state index in [1.54, 1.807) is 7.11 Å². The number of rotatable bonds is 7. The van der Waals surface area contributed by atoms with Crippen molar-refractivity contribution in [3.05, 3.63) is 22.8 Å². The molecule has 1 aromatic heterocycles. The number of hydrogen-bond acceptors (Lipinski definition) is 4. The van der Waals surface area contributed by atoms with Crippen molar-refractivity contribution < 1.29 is 4.74 Å². The van der Waals surface area contributed by atoms with Gasteiger partial charge in [0, 0.05) is 43.6 Å². The maximum atomic E-state index is 5.04. The molecule has 0 aromatic carbocycles. The molecule has 1 heterocycles. The predicted octanol–water partition coefficient (Wildman–Crippen LogP) is 1.78. The first-order valence-corrected chi connectivity index (χ1v) is 6.21. The second-order valence-electron chi connectivity index (χ2n) is 4.17. The summed E-state index contributed by atoms with van der Waals surface area (Å²) in [6.07, 6.45) is 1.86. The van der Waals surface area contributed by atoms with Crippen LogP contribution in [-0.2, 0) is 17.7 Å². The molecular formula is C13H23N3O. The first-order chi connectivity index (χ1) is 8.19. The molecule has 1 N–H and O–H groups in total. The molecule has 4 heteroatoms. The van der Waals surface area contributed by atoms with E-state index < -0.39 is 0 Å². The lowest BCUT2D eigenvalue weighted by atomic mass is 10.1. The minimum Gasteiger partial charge on any atom is -0.385 e. The zero-order valence-electron chi connectivity index (χ0n) is 11.3. The van der Waals surface area contributed by atoms with Crippen molar-refractivity contribution in [2.24, 2.45) is 0 Å². The first-order valence-electron chi connectivity index (χ1n) is 6.21. The third-order valence-electron chi connectivity index (χ3n) is 2.77. The normalized spacial score (nSPS) is 10.8. The van der Waals surface area contributed by atoms with Crippen molar-refractivity contribution in [2.45, 2.75) is 40.2 Å². The zero-order valence-corrected chi connectivity index (χ0v) is 11.3. The molecule has 0 aliphatic carbocycles. The highest BCUT2D eigenvalue weighted by molar-refractivity contribution is 5.24. The lowest BCUT2D eigenvalue weighted by molar-refractivity contribution is 0.194. The van der Waals surface area contributed by atoms with E-state index in [9.17, 15) is 0 Å². The van der Waals surface area contributed by atoms with Gasteiger partial charge in [-0.15, -0.1) is 0 Å². The topological polar surface area (TPSA) is 47.0 Å². The van der Waals surface area contributed by atoms with Gasteiger partial charge in [-0.05, 0) is 26.8 Å². The summed E-state index contributed by atoms with van der Waals surface area (Å²) < 4.78 is 5.04. The highest BCUT2D eigenvalue weighted by Gasteiger charge is 2.07. The largest absolute Gasteiger partial charge is 0.385 e. The molecule has 1 aromatic rings. The summed E-state index contributed by atoms with van der Waals surface area (Å²) in [5, 5.41) is 3.32. The molecule has 4 nitrogen and oxygen atoms in total. The number of nitrogens with zero attached hydrogens (tertiary/aromatic N) is 2.